The van der Waals surface area contributed by atoms with Gasteiger partial charge >= 0.3 is 0 Å². The molecule has 2 bridgehead atoms. The Morgan fingerprint density at radius 2 is 1.92 bits per heavy atom. The number of hydrogen-bond donors (Lipinski definition) is 0. The first-order valence-electron chi connectivity index (χ1n) is 9.06. The lowest BCUT2D eigenvalue weighted by atomic mass is 9.85. The molecule has 1 saturated heterocycles. The highest BCUT2D eigenvalue weighted by Crippen LogP contribution is 2.52. The molecule has 2 aliphatic carbocycles. The van der Waals surface area contributed by atoms with Gasteiger partial charge in [0.25, 0.3) is 11.8 Å². The van der Waals surface area contributed by atoms with E-state index in [1.165, 1.54) is 0 Å². The van der Waals surface area contributed by atoms with E-state index in [0.717, 1.165) is 33.6 Å². The molecule has 1 aromatic rings. The molecule has 6 heteroatoms. The molecule has 5 atom stereocenters. The van der Waals surface area contributed by atoms with Crippen LogP contribution < -0.4 is 4.74 Å². The van der Waals surface area contributed by atoms with E-state index in [0.29, 0.717) is 0 Å². The molecule has 5 nitrogen and oxygen atoms in total. The summed E-state index contributed by atoms with van der Waals surface area (Å²) >= 11 is 3.50. The average Bonchev–Trinajstić information content (AvgIpc) is 3.30. The van der Waals surface area contributed by atoms with Crippen molar-refractivity contribution in [3.63, 3.8) is 0 Å². The molecule has 0 aromatic heterocycles. The third-order valence-electron chi connectivity index (χ3n) is 5.63. The Morgan fingerprint density at radius 1 is 1.27 bits per heavy atom. The van der Waals surface area contributed by atoms with Crippen LogP contribution in [0.2, 0.25) is 0 Å². The van der Waals surface area contributed by atoms with Gasteiger partial charge in [-0.15, -0.1) is 0 Å². The number of benzene rings is 1. The molecule has 4 rings (SSSR count). The van der Waals surface area contributed by atoms with Crippen LogP contribution in [0.3, 0.4) is 0 Å². The molecule has 2 fully saturated rings. The number of halogens is 1. The van der Waals surface area contributed by atoms with Gasteiger partial charge in [-0.3, -0.25) is 9.59 Å². The van der Waals surface area contributed by atoms with Gasteiger partial charge in [0.05, 0.1) is 28.6 Å². The maximum atomic E-state index is 12.6. The number of allylic oxidation sites excluding steroid dienone is 2. The normalized spacial score (nSPS) is 30.5. The lowest BCUT2D eigenvalue weighted by Gasteiger charge is -2.14. The van der Waals surface area contributed by atoms with E-state index in [9.17, 15) is 9.59 Å². The average molecular weight is 417 g/mol. The van der Waals surface area contributed by atoms with Gasteiger partial charge in [-0.1, -0.05) is 19.1 Å². The zero-order valence-electron chi connectivity index (χ0n) is 14.8. The van der Waals surface area contributed by atoms with Crippen LogP contribution in [0.25, 0.3) is 0 Å². The second kappa shape index (κ2) is 6.65. The quantitative estimate of drug-likeness (QED) is 0.417. The standard InChI is InChI=1S/C20H21BrN2O3/c1-3-11(2)26-16-7-4-12(8-15(16)21)10-22-23-19(24)17-13-5-6-14(9-13)18(17)20(23)25/h4-8,10-11,13-14,17-18H,3,9H2,1-2H3/t11-,13-,14-,17-,18+/m0/s1. The van der Waals surface area contributed by atoms with E-state index < -0.39 is 0 Å². The fourth-order valence-electron chi connectivity index (χ4n) is 4.12. The number of imide groups is 1. The summed E-state index contributed by atoms with van der Waals surface area (Å²) in [5.74, 6) is 0.413. The predicted octanol–water partition coefficient (Wildman–Crippen LogP) is 3.77. The second-order valence-electron chi connectivity index (χ2n) is 7.26. The maximum absolute atomic E-state index is 12.6. The number of carbonyl (C=O) groups excluding carboxylic acids is 2. The molecule has 26 heavy (non-hydrogen) atoms. The van der Waals surface area contributed by atoms with Crippen LogP contribution in [0.4, 0.5) is 0 Å². The number of carbonyl (C=O) groups is 2. The Hall–Kier alpha value is -1.95. The highest BCUT2D eigenvalue weighted by molar-refractivity contribution is 9.10. The van der Waals surface area contributed by atoms with E-state index >= 15 is 0 Å². The van der Waals surface area contributed by atoms with E-state index in [1.807, 2.05) is 25.1 Å². The zero-order valence-corrected chi connectivity index (χ0v) is 16.3. The number of nitrogens with zero attached hydrogens (tertiary/aromatic N) is 2. The van der Waals surface area contributed by atoms with Gasteiger partial charge in [-0.25, -0.2) is 0 Å². The SMILES string of the molecule is CC[C@H](C)Oc1ccc(C=NN2C(=O)[C@@H]3[C@H](C2=O)[C@H]2C=C[C@H]3C2)cc1Br. The fourth-order valence-corrected chi connectivity index (χ4v) is 4.61. The van der Waals surface area contributed by atoms with Crippen LogP contribution >= 0.6 is 15.9 Å². The topological polar surface area (TPSA) is 59.0 Å². The van der Waals surface area contributed by atoms with Crippen LogP contribution in [0.5, 0.6) is 5.75 Å². The van der Waals surface area contributed by atoms with Crippen molar-refractivity contribution < 1.29 is 14.3 Å². The zero-order chi connectivity index (χ0) is 18.4. The molecule has 1 heterocycles. The summed E-state index contributed by atoms with van der Waals surface area (Å²) < 4.78 is 6.64. The van der Waals surface area contributed by atoms with Crippen LogP contribution in [-0.2, 0) is 9.59 Å². The predicted molar refractivity (Wildman–Crippen MR) is 102 cm³/mol. The number of amides is 2. The Bertz CT molecular complexity index is 789. The molecule has 0 N–H and O–H groups in total. The van der Waals surface area contributed by atoms with Crippen molar-refractivity contribution in [1.82, 2.24) is 5.01 Å². The van der Waals surface area contributed by atoms with Crippen LogP contribution in [0.15, 0.2) is 39.9 Å². The van der Waals surface area contributed by atoms with Crippen molar-refractivity contribution in [2.24, 2.45) is 28.8 Å². The second-order valence-corrected chi connectivity index (χ2v) is 8.11. The summed E-state index contributed by atoms with van der Waals surface area (Å²) in [5.41, 5.74) is 0.798. The summed E-state index contributed by atoms with van der Waals surface area (Å²) in [6.07, 6.45) is 7.70. The van der Waals surface area contributed by atoms with Gasteiger partial charge in [0.1, 0.15) is 5.75 Å². The molecule has 3 aliphatic rings. The Morgan fingerprint density at radius 3 is 2.50 bits per heavy atom. The van der Waals surface area contributed by atoms with Crippen molar-refractivity contribution in [2.75, 3.05) is 0 Å². The maximum Gasteiger partial charge on any atom is 0.254 e. The third kappa shape index (κ3) is 2.80. The number of fused-ring (bicyclic) bond motifs is 5. The highest BCUT2D eigenvalue weighted by atomic mass is 79.9. The molecule has 1 aliphatic heterocycles. The van der Waals surface area contributed by atoms with Gasteiger partial charge in [0.15, 0.2) is 0 Å². The van der Waals surface area contributed by atoms with Crippen molar-refractivity contribution in [3.05, 3.63) is 40.4 Å². The van der Waals surface area contributed by atoms with E-state index in [1.54, 1.807) is 6.21 Å². The largest absolute Gasteiger partial charge is 0.490 e. The van der Waals surface area contributed by atoms with Crippen LogP contribution in [-0.4, -0.2) is 29.1 Å². The van der Waals surface area contributed by atoms with Gasteiger partial charge < -0.3 is 4.74 Å². The molecular formula is C20H21BrN2O3. The Balaban J connectivity index is 1.49. The first kappa shape index (κ1) is 17.5. The first-order chi connectivity index (χ1) is 12.5. The van der Waals surface area contributed by atoms with Gasteiger partial charge in [-0.05, 0) is 71.3 Å². The van der Waals surface area contributed by atoms with E-state index in [4.69, 9.17) is 4.74 Å². The van der Waals surface area contributed by atoms with Crippen molar-refractivity contribution >= 4 is 34.0 Å². The number of hydrazone groups is 1. The number of ether oxygens (including phenoxy) is 1. The number of hydrogen-bond acceptors (Lipinski definition) is 4. The molecule has 2 amide bonds. The summed E-state index contributed by atoms with van der Waals surface area (Å²) in [6, 6.07) is 5.60. The fraction of sp³-hybridized carbons (Fsp3) is 0.450. The highest BCUT2D eigenvalue weighted by Gasteiger charge is 2.59. The van der Waals surface area contributed by atoms with Crippen molar-refractivity contribution in [1.29, 1.82) is 0 Å². The third-order valence-corrected chi connectivity index (χ3v) is 6.25. The molecule has 0 spiro atoms. The molecule has 0 radical (unpaired) electrons. The summed E-state index contributed by atoms with van der Waals surface area (Å²) in [5, 5.41) is 5.27. The Kier molecular flexibility index (Phi) is 4.47. The van der Waals surface area contributed by atoms with Gasteiger partial charge in [0.2, 0.25) is 0 Å². The summed E-state index contributed by atoms with van der Waals surface area (Å²) in [7, 11) is 0. The monoisotopic (exact) mass is 416 g/mol. The van der Waals surface area contributed by atoms with Gasteiger partial charge in [0, 0.05) is 0 Å². The van der Waals surface area contributed by atoms with E-state index in [-0.39, 0.29) is 41.6 Å². The summed E-state index contributed by atoms with van der Waals surface area (Å²) in [6.45, 7) is 4.09. The lowest BCUT2D eigenvalue weighted by molar-refractivity contribution is -0.140. The summed E-state index contributed by atoms with van der Waals surface area (Å²) in [4.78, 5) is 25.2. The molecule has 0 unspecified atom stereocenters. The minimum atomic E-state index is -0.215. The molecule has 136 valence electrons. The first-order valence-corrected chi connectivity index (χ1v) is 9.85. The smallest absolute Gasteiger partial charge is 0.254 e. The Labute approximate surface area is 161 Å². The van der Waals surface area contributed by atoms with E-state index in [2.05, 4.69) is 40.1 Å². The molecular weight excluding hydrogens is 396 g/mol. The van der Waals surface area contributed by atoms with Crippen LogP contribution in [0, 0.1) is 23.7 Å². The minimum absolute atomic E-state index is 0.133. The van der Waals surface area contributed by atoms with Crippen molar-refractivity contribution in [2.45, 2.75) is 32.8 Å². The molecule has 1 saturated carbocycles. The minimum Gasteiger partial charge on any atom is -0.490 e. The van der Waals surface area contributed by atoms with Crippen molar-refractivity contribution in [3.8, 4) is 5.75 Å². The molecule has 1 aromatic carbocycles. The number of rotatable bonds is 5. The lowest BCUT2D eigenvalue weighted by Crippen LogP contribution is -2.28. The van der Waals surface area contributed by atoms with Crippen LogP contribution in [0.1, 0.15) is 32.3 Å². The van der Waals surface area contributed by atoms with Gasteiger partial charge in [-0.2, -0.15) is 10.1 Å².